The summed E-state index contributed by atoms with van der Waals surface area (Å²) in [4.78, 5) is 0. The molecule has 0 saturated heterocycles. The number of halogens is 5. The molecule has 0 aliphatic carbocycles. The molecule has 2 nitrogen and oxygen atoms in total. The molecule has 0 bridgehead atoms. The van der Waals surface area contributed by atoms with Crippen molar-refractivity contribution in [3.05, 3.63) is 29.0 Å². The van der Waals surface area contributed by atoms with Crippen molar-refractivity contribution in [2.45, 2.75) is 37.9 Å². The molecule has 0 amide bonds. The molecule has 1 atom stereocenters. The van der Waals surface area contributed by atoms with Crippen LogP contribution in [0.1, 0.15) is 26.2 Å². The molecule has 0 aliphatic rings. The number of rotatable bonds is 6. The molecule has 1 unspecified atom stereocenters. The van der Waals surface area contributed by atoms with Gasteiger partial charge < -0.3 is 11.1 Å². The molecule has 0 fully saturated rings. The monoisotopic (exact) mass is 312 g/mol. The van der Waals surface area contributed by atoms with E-state index in [0.717, 1.165) is 6.07 Å². The van der Waals surface area contributed by atoms with Crippen LogP contribution in [0.3, 0.4) is 0 Å². The second-order valence-corrected chi connectivity index (χ2v) is 5.45. The van der Waals surface area contributed by atoms with Gasteiger partial charge in [-0.1, -0.05) is 11.6 Å². The minimum absolute atomic E-state index is 0.0484. The van der Waals surface area contributed by atoms with E-state index in [9.17, 15) is 17.6 Å². The third-order valence-electron chi connectivity index (χ3n) is 2.95. The molecule has 0 aromatic heterocycles. The van der Waals surface area contributed by atoms with Crippen molar-refractivity contribution in [2.75, 3.05) is 11.9 Å². The van der Waals surface area contributed by atoms with Gasteiger partial charge in [-0.15, -0.1) is 0 Å². The molecule has 0 heterocycles. The van der Waals surface area contributed by atoms with Crippen molar-refractivity contribution in [2.24, 2.45) is 5.73 Å². The minimum atomic E-state index is -4.18. The Kier molecular flexibility index (Phi) is 5.65. The van der Waals surface area contributed by atoms with E-state index < -0.39 is 24.0 Å². The van der Waals surface area contributed by atoms with Gasteiger partial charge in [0.1, 0.15) is 5.82 Å². The van der Waals surface area contributed by atoms with Crippen LogP contribution in [0.4, 0.5) is 23.2 Å². The molecular formula is C13H17ClF4N2. The quantitative estimate of drug-likeness (QED) is 0.767. The lowest BCUT2D eigenvalue weighted by Gasteiger charge is -2.31. The summed E-state index contributed by atoms with van der Waals surface area (Å²) in [6, 6.07) is 3.88. The largest absolute Gasteiger partial charge is 0.389 e. The first-order chi connectivity index (χ1) is 9.13. The number of nitrogens with two attached hydrogens (primary N) is 1. The Labute approximate surface area is 120 Å². The summed E-state index contributed by atoms with van der Waals surface area (Å²) in [6.07, 6.45) is -4.88. The maximum Gasteiger partial charge on any atom is 0.389 e. The highest BCUT2D eigenvalue weighted by molar-refractivity contribution is 6.30. The van der Waals surface area contributed by atoms with Crippen LogP contribution in [0.5, 0.6) is 0 Å². The van der Waals surface area contributed by atoms with Crippen molar-refractivity contribution >= 4 is 17.3 Å². The maximum atomic E-state index is 13.2. The zero-order valence-electron chi connectivity index (χ0n) is 11.0. The summed E-state index contributed by atoms with van der Waals surface area (Å²) in [5.41, 5.74) is 5.26. The fraction of sp³-hybridized carbons (Fsp3) is 0.538. The van der Waals surface area contributed by atoms with Gasteiger partial charge in [0.15, 0.2) is 0 Å². The van der Waals surface area contributed by atoms with Crippen molar-refractivity contribution < 1.29 is 17.6 Å². The SMILES string of the molecule is CC(CN)(CCCC(F)(F)F)Nc1cc(F)cc(Cl)c1. The Balaban J connectivity index is 2.68. The van der Waals surface area contributed by atoms with Crippen LogP contribution in [0.2, 0.25) is 5.02 Å². The average molecular weight is 313 g/mol. The van der Waals surface area contributed by atoms with Gasteiger partial charge >= 0.3 is 6.18 Å². The predicted octanol–water partition coefficient (Wildman–Crippen LogP) is 4.34. The first-order valence-electron chi connectivity index (χ1n) is 6.15. The lowest BCUT2D eigenvalue weighted by atomic mass is 9.94. The molecule has 1 aromatic rings. The summed E-state index contributed by atoms with van der Waals surface area (Å²) in [6.45, 7) is 1.82. The highest BCUT2D eigenvalue weighted by Gasteiger charge is 2.29. The summed E-state index contributed by atoms with van der Waals surface area (Å²) in [5, 5.41) is 3.17. The van der Waals surface area contributed by atoms with Crippen molar-refractivity contribution in [3.63, 3.8) is 0 Å². The van der Waals surface area contributed by atoms with Gasteiger partial charge in [0.05, 0.1) is 0 Å². The molecule has 3 N–H and O–H groups in total. The molecule has 7 heteroatoms. The second-order valence-electron chi connectivity index (χ2n) is 5.02. The van der Waals surface area contributed by atoms with Gasteiger partial charge in [0.25, 0.3) is 0 Å². The highest BCUT2D eigenvalue weighted by atomic mass is 35.5. The summed E-state index contributed by atoms with van der Waals surface area (Å²) >= 11 is 5.73. The summed E-state index contributed by atoms with van der Waals surface area (Å²) in [5.74, 6) is -0.519. The standard InChI is InChI=1S/C13H17ClF4N2/c1-12(8-19,3-2-4-13(16,17)18)20-11-6-9(14)5-10(15)7-11/h5-7,20H,2-4,8,19H2,1H3. The topological polar surface area (TPSA) is 38.0 Å². The second kappa shape index (κ2) is 6.63. The van der Waals surface area contributed by atoms with Gasteiger partial charge in [0, 0.05) is 29.2 Å². The Morgan fingerprint density at radius 3 is 2.35 bits per heavy atom. The molecule has 114 valence electrons. The van der Waals surface area contributed by atoms with Crippen LogP contribution in [0, 0.1) is 5.82 Å². The van der Waals surface area contributed by atoms with Gasteiger partial charge in [-0.2, -0.15) is 13.2 Å². The van der Waals surface area contributed by atoms with Crippen LogP contribution >= 0.6 is 11.6 Å². The lowest BCUT2D eigenvalue weighted by molar-refractivity contribution is -0.136. The van der Waals surface area contributed by atoms with E-state index in [-0.39, 0.29) is 24.4 Å². The first-order valence-corrected chi connectivity index (χ1v) is 6.52. The molecule has 1 aromatic carbocycles. The number of alkyl halides is 3. The molecule has 0 spiro atoms. The Morgan fingerprint density at radius 2 is 1.85 bits per heavy atom. The minimum Gasteiger partial charge on any atom is -0.378 e. The van der Waals surface area contributed by atoms with E-state index in [1.54, 1.807) is 6.92 Å². The van der Waals surface area contributed by atoms with Gasteiger partial charge in [-0.05, 0) is 38.0 Å². The van der Waals surface area contributed by atoms with E-state index in [0.29, 0.717) is 5.69 Å². The fourth-order valence-electron chi connectivity index (χ4n) is 1.87. The predicted molar refractivity (Wildman–Crippen MR) is 72.4 cm³/mol. The van der Waals surface area contributed by atoms with E-state index in [1.165, 1.54) is 12.1 Å². The summed E-state index contributed by atoms with van der Waals surface area (Å²) < 4.78 is 49.7. The van der Waals surface area contributed by atoms with Gasteiger partial charge in [0.2, 0.25) is 0 Å². The molecule has 20 heavy (non-hydrogen) atoms. The third-order valence-corrected chi connectivity index (χ3v) is 3.17. The van der Waals surface area contributed by atoms with Crippen LogP contribution < -0.4 is 11.1 Å². The smallest absolute Gasteiger partial charge is 0.378 e. The van der Waals surface area contributed by atoms with Crippen molar-refractivity contribution in [3.8, 4) is 0 Å². The number of benzene rings is 1. The van der Waals surface area contributed by atoms with Crippen LogP contribution in [0.25, 0.3) is 0 Å². The Morgan fingerprint density at radius 1 is 1.20 bits per heavy atom. The molecule has 0 saturated carbocycles. The van der Waals surface area contributed by atoms with E-state index >= 15 is 0 Å². The van der Waals surface area contributed by atoms with Gasteiger partial charge in [-0.3, -0.25) is 0 Å². The summed E-state index contributed by atoms with van der Waals surface area (Å²) in [7, 11) is 0. The Bertz CT molecular complexity index is 430. The van der Waals surface area contributed by atoms with Crippen LogP contribution in [-0.2, 0) is 0 Å². The van der Waals surface area contributed by atoms with E-state index in [2.05, 4.69) is 5.32 Å². The van der Waals surface area contributed by atoms with E-state index in [1.807, 2.05) is 0 Å². The average Bonchev–Trinajstić information content (AvgIpc) is 2.25. The number of nitrogens with one attached hydrogen (secondary N) is 1. The van der Waals surface area contributed by atoms with Crippen molar-refractivity contribution in [1.82, 2.24) is 0 Å². The third kappa shape index (κ3) is 5.96. The number of hydrogen-bond acceptors (Lipinski definition) is 2. The lowest BCUT2D eigenvalue weighted by Crippen LogP contribution is -2.42. The molecule has 0 radical (unpaired) electrons. The van der Waals surface area contributed by atoms with Crippen molar-refractivity contribution in [1.29, 1.82) is 0 Å². The molecule has 1 rings (SSSR count). The molecular weight excluding hydrogens is 296 g/mol. The number of hydrogen-bond donors (Lipinski definition) is 2. The molecule has 0 aliphatic heterocycles. The zero-order valence-corrected chi connectivity index (χ0v) is 11.8. The van der Waals surface area contributed by atoms with Crippen LogP contribution in [-0.4, -0.2) is 18.3 Å². The zero-order chi connectivity index (χ0) is 15.4. The van der Waals surface area contributed by atoms with Crippen LogP contribution in [0.15, 0.2) is 18.2 Å². The number of anilines is 1. The Hall–Kier alpha value is -1.01. The maximum absolute atomic E-state index is 13.2. The normalized spacial score (nSPS) is 14.9. The van der Waals surface area contributed by atoms with Gasteiger partial charge in [-0.25, -0.2) is 4.39 Å². The highest BCUT2D eigenvalue weighted by Crippen LogP contribution is 2.27. The first kappa shape index (κ1) is 17.0. The van der Waals surface area contributed by atoms with E-state index in [4.69, 9.17) is 17.3 Å². The fourth-order valence-corrected chi connectivity index (χ4v) is 2.09.